The lowest BCUT2D eigenvalue weighted by molar-refractivity contribution is 0.198. The van der Waals surface area contributed by atoms with Crippen molar-refractivity contribution in [2.24, 2.45) is 5.92 Å². The Balaban J connectivity index is 2.14. The summed E-state index contributed by atoms with van der Waals surface area (Å²) in [5, 5.41) is 18.3. The molecule has 0 amide bonds. The van der Waals surface area contributed by atoms with Gasteiger partial charge < -0.3 is 10.0 Å². The van der Waals surface area contributed by atoms with Gasteiger partial charge in [-0.05, 0) is 48.5 Å². The van der Waals surface area contributed by atoms with E-state index >= 15 is 0 Å². The molecule has 1 aliphatic heterocycles. The van der Waals surface area contributed by atoms with Crippen molar-refractivity contribution in [2.75, 3.05) is 6.54 Å². The molecule has 5 heteroatoms. The Labute approximate surface area is 114 Å². The Kier molecular flexibility index (Phi) is 4.60. The third-order valence-electron chi connectivity index (χ3n) is 3.85. The minimum atomic E-state index is -1.62. The third-order valence-corrected chi connectivity index (χ3v) is 3.85. The number of nitrogens with zero attached hydrogens (tertiary/aromatic N) is 1. The van der Waals surface area contributed by atoms with E-state index in [2.05, 4.69) is 18.7 Å². The average molecular weight is 265 g/mol. The molecule has 1 heterocycles. The quantitative estimate of drug-likeness (QED) is 0.802. The molecule has 2 rings (SSSR count). The fourth-order valence-corrected chi connectivity index (χ4v) is 2.95. The van der Waals surface area contributed by atoms with Gasteiger partial charge in [-0.3, -0.25) is 4.90 Å². The van der Waals surface area contributed by atoms with Crippen molar-refractivity contribution in [3.8, 4) is 0 Å². The molecular weight excluding hydrogens is 244 g/mol. The van der Waals surface area contributed by atoms with Gasteiger partial charge in [0.05, 0.1) is 0 Å². The fraction of sp³-hybridized carbons (Fsp3) is 0.571. The summed E-state index contributed by atoms with van der Waals surface area (Å²) in [4.78, 5) is 2.35. The highest BCUT2D eigenvalue weighted by Gasteiger charge is 2.27. The van der Waals surface area contributed by atoms with Gasteiger partial charge in [0, 0.05) is 12.6 Å². The molecule has 1 aliphatic rings. The van der Waals surface area contributed by atoms with Crippen molar-refractivity contribution < 1.29 is 14.4 Å². The van der Waals surface area contributed by atoms with Gasteiger partial charge in [-0.25, -0.2) is 4.39 Å². The predicted octanol–water partition coefficient (Wildman–Crippen LogP) is 1.13. The first-order chi connectivity index (χ1) is 8.97. The molecule has 1 unspecified atom stereocenters. The van der Waals surface area contributed by atoms with Gasteiger partial charge >= 0.3 is 7.12 Å². The van der Waals surface area contributed by atoms with Crippen LogP contribution in [0, 0.1) is 11.7 Å². The Morgan fingerprint density at radius 2 is 2.11 bits per heavy atom. The molecule has 0 bridgehead atoms. The summed E-state index contributed by atoms with van der Waals surface area (Å²) in [7, 11) is -1.62. The first-order valence-corrected chi connectivity index (χ1v) is 6.87. The van der Waals surface area contributed by atoms with E-state index in [-0.39, 0.29) is 5.46 Å². The largest absolute Gasteiger partial charge is 0.488 e. The number of rotatable bonds is 4. The summed E-state index contributed by atoms with van der Waals surface area (Å²) >= 11 is 0. The zero-order valence-electron chi connectivity index (χ0n) is 11.5. The molecule has 3 nitrogen and oxygen atoms in total. The van der Waals surface area contributed by atoms with E-state index in [4.69, 9.17) is 10.0 Å². The molecule has 1 saturated heterocycles. The van der Waals surface area contributed by atoms with Crippen LogP contribution in [0.2, 0.25) is 0 Å². The van der Waals surface area contributed by atoms with Crippen LogP contribution in [0.15, 0.2) is 18.2 Å². The molecule has 1 aromatic rings. The van der Waals surface area contributed by atoms with Crippen LogP contribution in [0.4, 0.5) is 4.39 Å². The second kappa shape index (κ2) is 6.03. The van der Waals surface area contributed by atoms with Gasteiger partial charge in [0.25, 0.3) is 0 Å². The SMILES string of the molecule is CC(C)C1CCCN1Cc1cc(F)cc(B(O)O)c1. The molecule has 0 spiro atoms. The van der Waals surface area contributed by atoms with Crippen LogP contribution in [0.3, 0.4) is 0 Å². The molecule has 104 valence electrons. The number of hydrogen-bond acceptors (Lipinski definition) is 3. The number of benzene rings is 1. The summed E-state index contributed by atoms with van der Waals surface area (Å²) in [5.74, 6) is 0.167. The first-order valence-electron chi connectivity index (χ1n) is 6.87. The molecule has 0 aliphatic carbocycles. The van der Waals surface area contributed by atoms with Gasteiger partial charge in [0.15, 0.2) is 0 Å². The van der Waals surface area contributed by atoms with E-state index in [0.29, 0.717) is 18.5 Å². The smallest absolute Gasteiger partial charge is 0.423 e. The summed E-state index contributed by atoms with van der Waals surface area (Å²) in [6.45, 7) is 6.10. The highest BCUT2D eigenvalue weighted by atomic mass is 19.1. The zero-order chi connectivity index (χ0) is 14.0. The molecule has 0 saturated carbocycles. The molecule has 1 aromatic carbocycles. The van der Waals surface area contributed by atoms with Gasteiger partial charge in [0.1, 0.15) is 5.82 Å². The summed E-state index contributed by atoms with van der Waals surface area (Å²) in [6.07, 6.45) is 2.36. The lowest BCUT2D eigenvalue weighted by Crippen LogP contribution is -2.34. The molecule has 1 atom stereocenters. The lowest BCUT2D eigenvalue weighted by Gasteiger charge is -2.27. The van der Waals surface area contributed by atoms with Gasteiger partial charge in [-0.2, -0.15) is 0 Å². The van der Waals surface area contributed by atoms with E-state index in [1.165, 1.54) is 18.9 Å². The monoisotopic (exact) mass is 265 g/mol. The first kappa shape index (κ1) is 14.5. The van der Waals surface area contributed by atoms with Gasteiger partial charge in [0.2, 0.25) is 0 Å². The van der Waals surface area contributed by atoms with Crippen molar-refractivity contribution in [1.82, 2.24) is 4.90 Å². The highest BCUT2D eigenvalue weighted by molar-refractivity contribution is 6.58. The van der Waals surface area contributed by atoms with E-state index in [9.17, 15) is 4.39 Å². The Morgan fingerprint density at radius 1 is 1.37 bits per heavy atom. The predicted molar refractivity (Wildman–Crippen MR) is 74.5 cm³/mol. The minimum absolute atomic E-state index is 0.218. The van der Waals surface area contributed by atoms with Crippen LogP contribution >= 0.6 is 0 Å². The zero-order valence-corrected chi connectivity index (χ0v) is 11.5. The Morgan fingerprint density at radius 3 is 2.74 bits per heavy atom. The average Bonchev–Trinajstić information content (AvgIpc) is 2.76. The second-order valence-electron chi connectivity index (χ2n) is 5.69. The number of halogens is 1. The Bertz CT molecular complexity index is 439. The molecule has 0 aromatic heterocycles. The van der Waals surface area contributed by atoms with E-state index in [0.717, 1.165) is 18.2 Å². The van der Waals surface area contributed by atoms with Crippen LogP contribution in [0.25, 0.3) is 0 Å². The fourth-order valence-electron chi connectivity index (χ4n) is 2.95. The maximum absolute atomic E-state index is 13.5. The third kappa shape index (κ3) is 3.56. The van der Waals surface area contributed by atoms with E-state index in [1.807, 2.05) is 0 Å². The van der Waals surface area contributed by atoms with Crippen LogP contribution in [-0.2, 0) is 6.54 Å². The van der Waals surface area contributed by atoms with Crippen molar-refractivity contribution in [1.29, 1.82) is 0 Å². The van der Waals surface area contributed by atoms with E-state index < -0.39 is 12.9 Å². The lowest BCUT2D eigenvalue weighted by atomic mass is 9.79. The van der Waals surface area contributed by atoms with Gasteiger partial charge in [-0.15, -0.1) is 0 Å². The molecular formula is C14H21BFNO2. The van der Waals surface area contributed by atoms with Crippen molar-refractivity contribution >= 4 is 12.6 Å². The number of hydrogen-bond donors (Lipinski definition) is 2. The van der Waals surface area contributed by atoms with Crippen LogP contribution in [0.5, 0.6) is 0 Å². The van der Waals surface area contributed by atoms with Crippen molar-refractivity contribution in [3.63, 3.8) is 0 Å². The molecule has 1 fully saturated rings. The topological polar surface area (TPSA) is 43.7 Å². The maximum atomic E-state index is 13.5. The maximum Gasteiger partial charge on any atom is 0.488 e. The van der Waals surface area contributed by atoms with Crippen LogP contribution in [0.1, 0.15) is 32.3 Å². The van der Waals surface area contributed by atoms with Crippen molar-refractivity contribution in [3.05, 3.63) is 29.6 Å². The molecule has 0 radical (unpaired) electrons. The minimum Gasteiger partial charge on any atom is -0.423 e. The van der Waals surface area contributed by atoms with E-state index in [1.54, 1.807) is 6.07 Å². The van der Waals surface area contributed by atoms with Crippen molar-refractivity contribution in [2.45, 2.75) is 39.3 Å². The normalized spacial score (nSPS) is 20.2. The number of likely N-dealkylation sites (tertiary alicyclic amines) is 1. The highest BCUT2D eigenvalue weighted by Crippen LogP contribution is 2.25. The van der Waals surface area contributed by atoms with Gasteiger partial charge in [-0.1, -0.05) is 19.9 Å². The van der Waals surface area contributed by atoms with Crippen LogP contribution in [-0.4, -0.2) is 34.7 Å². The standard InChI is InChI=1S/C14H21BFNO2/c1-10(2)14-4-3-5-17(14)9-11-6-12(15(18)19)8-13(16)7-11/h6-8,10,14,18-19H,3-5,9H2,1-2H3. The second-order valence-corrected chi connectivity index (χ2v) is 5.69. The molecule has 19 heavy (non-hydrogen) atoms. The Hall–Kier alpha value is -0.905. The molecule has 2 N–H and O–H groups in total. The summed E-state index contributed by atoms with van der Waals surface area (Å²) < 4.78 is 13.5. The van der Waals surface area contributed by atoms with Crippen LogP contribution < -0.4 is 5.46 Å². The summed E-state index contributed by atoms with van der Waals surface area (Å²) in [5.41, 5.74) is 1.02. The summed E-state index contributed by atoms with van der Waals surface area (Å²) in [6, 6.07) is 4.84.